The van der Waals surface area contributed by atoms with Gasteiger partial charge in [0.25, 0.3) is 0 Å². The van der Waals surface area contributed by atoms with E-state index in [-0.39, 0.29) is 5.41 Å². The van der Waals surface area contributed by atoms with Crippen LogP contribution >= 0.6 is 11.3 Å². The van der Waals surface area contributed by atoms with E-state index in [1.54, 1.807) is 18.4 Å². The number of carbonyl (C=O) groups excluding carboxylic acids is 1. The van der Waals surface area contributed by atoms with Crippen molar-refractivity contribution in [3.8, 4) is 5.75 Å². The average Bonchev–Trinajstić information content (AvgIpc) is 3.52. The van der Waals surface area contributed by atoms with Gasteiger partial charge >= 0.3 is 0 Å². The third kappa shape index (κ3) is 4.30. The second-order valence-electron chi connectivity index (χ2n) is 9.05. The number of piperidine rings is 1. The summed E-state index contributed by atoms with van der Waals surface area (Å²) < 4.78 is 5.27. The zero-order valence-electron chi connectivity index (χ0n) is 18.4. The van der Waals surface area contributed by atoms with Crippen molar-refractivity contribution in [1.29, 1.82) is 0 Å². The van der Waals surface area contributed by atoms with Crippen molar-refractivity contribution in [1.82, 2.24) is 14.8 Å². The third-order valence-corrected chi connectivity index (χ3v) is 7.96. The normalized spacial score (nSPS) is 21.2. The lowest BCUT2D eigenvalue weighted by atomic mass is 9.94. The van der Waals surface area contributed by atoms with Crippen molar-refractivity contribution in [3.63, 3.8) is 0 Å². The van der Waals surface area contributed by atoms with Crippen LogP contribution in [0.4, 0.5) is 5.13 Å². The Morgan fingerprint density at radius 2 is 1.74 bits per heavy atom. The van der Waals surface area contributed by atoms with E-state index in [0.29, 0.717) is 5.91 Å². The van der Waals surface area contributed by atoms with Gasteiger partial charge in [0.2, 0.25) is 5.91 Å². The lowest BCUT2D eigenvalue weighted by molar-refractivity contribution is -0.134. The predicted molar refractivity (Wildman–Crippen MR) is 124 cm³/mol. The van der Waals surface area contributed by atoms with Crippen LogP contribution in [-0.4, -0.2) is 67.1 Å². The highest BCUT2D eigenvalue weighted by Crippen LogP contribution is 2.50. The number of aromatic nitrogens is 1. The van der Waals surface area contributed by atoms with E-state index in [0.717, 1.165) is 62.0 Å². The van der Waals surface area contributed by atoms with Crippen LogP contribution in [0.2, 0.25) is 0 Å². The van der Waals surface area contributed by atoms with E-state index in [1.165, 1.54) is 38.0 Å². The van der Waals surface area contributed by atoms with Crippen molar-refractivity contribution in [2.45, 2.75) is 44.1 Å². The van der Waals surface area contributed by atoms with Crippen LogP contribution < -0.4 is 9.64 Å². The summed E-state index contributed by atoms with van der Waals surface area (Å²) in [4.78, 5) is 25.2. The van der Waals surface area contributed by atoms with Crippen molar-refractivity contribution in [2.75, 3.05) is 51.3 Å². The number of carbonyl (C=O) groups is 1. The van der Waals surface area contributed by atoms with Gasteiger partial charge in [0.15, 0.2) is 5.13 Å². The van der Waals surface area contributed by atoms with Gasteiger partial charge in [-0.1, -0.05) is 18.6 Å². The van der Waals surface area contributed by atoms with Crippen molar-refractivity contribution < 1.29 is 9.53 Å². The first-order valence-corrected chi connectivity index (χ1v) is 12.4. The molecule has 0 bridgehead atoms. The molecule has 2 aromatic rings. The molecule has 0 spiro atoms. The molecule has 2 saturated heterocycles. The zero-order valence-corrected chi connectivity index (χ0v) is 19.2. The number of likely N-dealkylation sites (tertiary alicyclic amines) is 1. The smallest absolute Gasteiger partial charge is 0.233 e. The predicted octanol–water partition coefficient (Wildman–Crippen LogP) is 3.52. The first-order chi connectivity index (χ1) is 15.2. The summed E-state index contributed by atoms with van der Waals surface area (Å²) in [7, 11) is 1.67. The Labute approximate surface area is 188 Å². The van der Waals surface area contributed by atoms with Crippen LogP contribution in [0.1, 0.15) is 43.4 Å². The molecular formula is C24H32N4O2S. The number of anilines is 1. The minimum atomic E-state index is -0.308. The minimum absolute atomic E-state index is 0.294. The highest BCUT2D eigenvalue weighted by atomic mass is 32.1. The molecule has 5 rings (SSSR count). The summed E-state index contributed by atoms with van der Waals surface area (Å²) in [6.45, 7) is 6.64. The maximum absolute atomic E-state index is 13.4. The quantitative estimate of drug-likeness (QED) is 0.688. The van der Waals surface area contributed by atoms with Crippen LogP contribution in [0.3, 0.4) is 0 Å². The van der Waals surface area contributed by atoms with E-state index in [1.807, 2.05) is 12.1 Å². The standard InChI is InChI=1S/C24H32N4O2S/c1-30-21-7-5-19(6-8-21)24(9-10-24)22(29)27-13-15-28(16-14-27)23-25-20(18-31-23)17-26-11-3-2-4-12-26/h5-8,18H,2-4,9-17H2,1H3. The van der Waals surface area contributed by atoms with Gasteiger partial charge in [-0.2, -0.15) is 0 Å². The molecule has 1 aromatic heterocycles. The highest BCUT2D eigenvalue weighted by molar-refractivity contribution is 7.13. The van der Waals surface area contributed by atoms with Crippen LogP contribution in [0.5, 0.6) is 5.75 Å². The maximum Gasteiger partial charge on any atom is 0.233 e. The molecule has 3 aliphatic rings. The van der Waals surface area contributed by atoms with Crippen LogP contribution in [0, 0.1) is 0 Å². The molecule has 0 unspecified atom stereocenters. The van der Waals surface area contributed by atoms with Gasteiger partial charge < -0.3 is 14.5 Å². The first-order valence-electron chi connectivity index (χ1n) is 11.5. The Kier molecular flexibility index (Phi) is 5.89. The van der Waals surface area contributed by atoms with Crippen molar-refractivity contribution in [3.05, 3.63) is 40.9 Å². The summed E-state index contributed by atoms with van der Waals surface area (Å²) in [5.74, 6) is 1.13. The summed E-state index contributed by atoms with van der Waals surface area (Å²) in [6.07, 6.45) is 5.88. The number of benzene rings is 1. The van der Waals surface area contributed by atoms with Gasteiger partial charge in [-0.3, -0.25) is 9.69 Å². The molecule has 166 valence electrons. The number of methoxy groups -OCH3 is 1. The van der Waals surface area contributed by atoms with Crippen LogP contribution in [0.15, 0.2) is 29.6 Å². The summed E-state index contributed by atoms with van der Waals surface area (Å²) >= 11 is 1.75. The second-order valence-corrected chi connectivity index (χ2v) is 9.88. The number of ether oxygens (including phenoxy) is 1. The maximum atomic E-state index is 13.4. The van der Waals surface area contributed by atoms with Gasteiger partial charge in [-0.15, -0.1) is 11.3 Å². The molecule has 1 amide bonds. The minimum Gasteiger partial charge on any atom is -0.497 e. The van der Waals surface area contributed by atoms with E-state index in [2.05, 4.69) is 32.2 Å². The lowest BCUT2D eigenvalue weighted by Gasteiger charge is -2.36. The molecule has 0 N–H and O–H groups in total. The molecule has 31 heavy (non-hydrogen) atoms. The Balaban J connectivity index is 1.17. The van der Waals surface area contributed by atoms with Gasteiger partial charge in [-0.05, 0) is 56.5 Å². The van der Waals surface area contributed by atoms with Gasteiger partial charge in [0.05, 0.1) is 18.2 Å². The highest BCUT2D eigenvalue weighted by Gasteiger charge is 2.53. The molecule has 7 heteroatoms. The van der Waals surface area contributed by atoms with E-state index >= 15 is 0 Å². The van der Waals surface area contributed by atoms with Crippen LogP contribution in [-0.2, 0) is 16.8 Å². The molecule has 0 radical (unpaired) electrons. The Hall–Kier alpha value is -2.12. The summed E-state index contributed by atoms with van der Waals surface area (Å²) in [5, 5.41) is 3.32. The largest absolute Gasteiger partial charge is 0.497 e. The van der Waals surface area contributed by atoms with E-state index in [9.17, 15) is 4.79 Å². The fourth-order valence-electron chi connectivity index (χ4n) is 4.93. The topological polar surface area (TPSA) is 48.9 Å². The van der Waals surface area contributed by atoms with Gasteiger partial charge in [0.1, 0.15) is 5.75 Å². The lowest BCUT2D eigenvalue weighted by Crippen LogP contribution is -2.51. The third-order valence-electron chi connectivity index (χ3n) is 7.01. The molecule has 3 fully saturated rings. The fourth-order valence-corrected chi connectivity index (χ4v) is 5.80. The molecular weight excluding hydrogens is 408 g/mol. The average molecular weight is 441 g/mol. The number of hydrogen-bond acceptors (Lipinski definition) is 6. The Bertz CT molecular complexity index is 895. The summed E-state index contributed by atoms with van der Waals surface area (Å²) in [6, 6.07) is 8.04. The molecule has 1 aliphatic carbocycles. The molecule has 1 saturated carbocycles. The van der Waals surface area contributed by atoms with Crippen LogP contribution in [0.25, 0.3) is 0 Å². The molecule has 6 nitrogen and oxygen atoms in total. The number of nitrogens with zero attached hydrogens (tertiary/aromatic N) is 4. The summed E-state index contributed by atoms with van der Waals surface area (Å²) in [5.41, 5.74) is 2.01. The SMILES string of the molecule is COc1ccc(C2(C(=O)N3CCN(c4nc(CN5CCCCC5)cs4)CC3)CC2)cc1. The van der Waals surface area contributed by atoms with Crippen molar-refractivity contribution in [2.24, 2.45) is 0 Å². The first kappa shape index (κ1) is 20.8. The Morgan fingerprint density at radius 3 is 2.39 bits per heavy atom. The monoisotopic (exact) mass is 440 g/mol. The zero-order chi connectivity index (χ0) is 21.3. The fraction of sp³-hybridized carbons (Fsp3) is 0.583. The van der Waals surface area contributed by atoms with Gasteiger partial charge in [0, 0.05) is 38.1 Å². The van der Waals surface area contributed by atoms with E-state index < -0.39 is 0 Å². The molecule has 0 atom stereocenters. The number of hydrogen-bond donors (Lipinski definition) is 0. The molecule has 1 aromatic carbocycles. The number of piperazine rings is 1. The molecule has 2 aliphatic heterocycles. The van der Waals surface area contributed by atoms with Crippen molar-refractivity contribution >= 4 is 22.4 Å². The number of amides is 1. The number of thiazole rings is 1. The second kappa shape index (κ2) is 8.79. The number of rotatable bonds is 6. The van der Waals surface area contributed by atoms with E-state index in [4.69, 9.17) is 9.72 Å². The molecule has 3 heterocycles. The van der Waals surface area contributed by atoms with Gasteiger partial charge in [-0.25, -0.2) is 4.98 Å². The Morgan fingerprint density at radius 1 is 1.03 bits per heavy atom.